The molecule has 3 aromatic rings. The Morgan fingerprint density at radius 3 is 2.96 bits per heavy atom. The lowest BCUT2D eigenvalue weighted by Gasteiger charge is -2.20. The van der Waals surface area contributed by atoms with Crippen molar-refractivity contribution in [1.82, 2.24) is 35.5 Å². The van der Waals surface area contributed by atoms with Crippen molar-refractivity contribution in [3.63, 3.8) is 0 Å². The van der Waals surface area contributed by atoms with E-state index in [1.54, 1.807) is 0 Å². The maximum atomic E-state index is 6.03. The van der Waals surface area contributed by atoms with Crippen LogP contribution < -0.4 is 4.74 Å². The Morgan fingerprint density at radius 1 is 1.27 bits per heavy atom. The van der Waals surface area contributed by atoms with Crippen molar-refractivity contribution in [3.05, 3.63) is 46.9 Å². The molecule has 0 radical (unpaired) electrons. The topological polar surface area (TPSA) is 92.7 Å². The summed E-state index contributed by atoms with van der Waals surface area (Å²) in [6.07, 6.45) is 0.958. The second kappa shape index (κ2) is 6.80. The van der Waals surface area contributed by atoms with Gasteiger partial charge in [-0.2, -0.15) is 10.2 Å². The molecule has 0 fully saturated rings. The maximum absolute atomic E-state index is 6.03. The van der Waals surface area contributed by atoms with Crippen LogP contribution >= 0.6 is 0 Å². The third-order valence-corrected chi connectivity index (χ3v) is 4.50. The van der Waals surface area contributed by atoms with E-state index in [4.69, 9.17) is 4.74 Å². The van der Waals surface area contributed by atoms with E-state index in [1.165, 1.54) is 5.56 Å². The molecule has 0 bridgehead atoms. The number of ether oxygens (including phenoxy) is 1. The first-order chi connectivity index (χ1) is 12.6. The molecule has 0 spiro atoms. The van der Waals surface area contributed by atoms with Crippen LogP contribution in [0.2, 0.25) is 0 Å². The summed E-state index contributed by atoms with van der Waals surface area (Å²) < 4.78 is 6.03. The van der Waals surface area contributed by atoms with Crippen molar-refractivity contribution >= 4 is 0 Å². The molecule has 1 aliphatic heterocycles. The summed E-state index contributed by atoms with van der Waals surface area (Å²) in [5.41, 5.74) is 4.30. The van der Waals surface area contributed by atoms with Crippen LogP contribution in [-0.4, -0.2) is 55.2 Å². The average molecular weight is 351 g/mol. The highest BCUT2D eigenvalue weighted by atomic mass is 16.5. The first-order valence-electron chi connectivity index (χ1n) is 8.60. The predicted octanol–water partition coefficient (Wildman–Crippen LogP) is 1.71. The van der Waals surface area contributed by atoms with Gasteiger partial charge < -0.3 is 4.74 Å². The second-order valence-corrected chi connectivity index (χ2v) is 6.72. The number of H-pyrrole nitrogens is 1. The number of nitrogens with zero attached hydrogens (tertiary/aromatic N) is 6. The summed E-state index contributed by atoms with van der Waals surface area (Å²) in [6.45, 7) is 5.55. The molecule has 134 valence electrons. The van der Waals surface area contributed by atoms with Gasteiger partial charge in [0.2, 0.25) is 11.7 Å². The molecule has 8 heteroatoms. The van der Waals surface area contributed by atoms with Crippen molar-refractivity contribution < 1.29 is 4.74 Å². The van der Waals surface area contributed by atoms with Gasteiger partial charge in [-0.15, -0.1) is 10.2 Å². The molecule has 0 saturated carbocycles. The first kappa shape index (κ1) is 16.6. The molecule has 1 N–H and O–H groups in total. The SMILES string of the molecule is Cc1nc(C)c2c(n1)O[C@@H](CN(C)Cc1cccc(-c3nn[nH]n3)c1)C2. The molecule has 0 unspecified atom stereocenters. The Hall–Kier alpha value is -2.87. The fraction of sp³-hybridized carbons (Fsp3) is 0.389. The van der Waals surface area contributed by atoms with E-state index in [-0.39, 0.29) is 6.10 Å². The van der Waals surface area contributed by atoms with E-state index in [0.717, 1.165) is 48.0 Å². The van der Waals surface area contributed by atoms with Crippen molar-refractivity contribution in [3.8, 4) is 17.3 Å². The lowest BCUT2D eigenvalue weighted by Crippen LogP contribution is -2.31. The Balaban J connectivity index is 1.40. The fourth-order valence-electron chi connectivity index (χ4n) is 3.38. The van der Waals surface area contributed by atoms with Crippen LogP contribution in [0.4, 0.5) is 0 Å². The molecule has 0 amide bonds. The van der Waals surface area contributed by atoms with Crippen LogP contribution in [0.1, 0.15) is 22.6 Å². The predicted molar refractivity (Wildman–Crippen MR) is 95.6 cm³/mol. The zero-order valence-corrected chi connectivity index (χ0v) is 15.1. The number of tetrazole rings is 1. The van der Waals surface area contributed by atoms with Gasteiger partial charge >= 0.3 is 0 Å². The van der Waals surface area contributed by atoms with Gasteiger partial charge in [0.1, 0.15) is 11.9 Å². The normalized spacial score (nSPS) is 15.9. The number of aromatic nitrogens is 6. The van der Waals surface area contributed by atoms with Gasteiger partial charge in [-0.3, -0.25) is 4.90 Å². The quantitative estimate of drug-likeness (QED) is 0.748. The van der Waals surface area contributed by atoms with Gasteiger partial charge in [0.25, 0.3) is 0 Å². The van der Waals surface area contributed by atoms with Crippen LogP contribution in [0.5, 0.6) is 5.88 Å². The number of fused-ring (bicyclic) bond motifs is 1. The maximum Gasteiger partial charge on any atom is 0.220 e. The van der Waals surface area contributed by atoms with Crippen molar-refractivity contribution in [2.75, 3.05) is 13.6 Å². The van der Waals surface area contributed by atoms with E-state index in [2.05, 4.69) is 54.7 Å². The van der Waals surface area contributed by atoms with Gasteiger partial charge in [0.15, 0.2) is 0 Å². The Kier molecular flexibility index (Phi) is 4.34. The van der Waals surface area contributed by atoms with Crippen molar-refractivity contribution in [2.24, 2.45) is 0 Å². The monoisotopic (exact) mass is 351 g/mol. The van der Waals surface area contributed by atoms with Crippen molar-refractivity contribution in [1.29, 1.82) is 0 Å². The molecule has 0 aliphatic carbocycles. The minimum absolute atomic E-state index is 0.102. The van der Waals surface area contributed by atoms with E-state index in [9.17, 15) is 0 Å². The summed E-state index contributed by atoms with van der Waals surface area (Å²) in [4.78, 5) is 11.1. The summed E-state index contributed by atoms with van der Waals surface area (Å²) in [5.74, 6) is 2.11. The van der Waals surface area contributed by atoms with E-state index < -0.39 is 0 Å². The van der Waals surface area contributed by atoms with Crippen LogP contribution in [0.25, 0.3) is 11.4 Å². The Bertz CT molecular complexity index is 910. The largest absolute Gasteiger partial charge is 0.472 e. The molecule has 1 aromatic carbocycles. The molecule has 1 atom stereocenters. The number of rotatable bonds is 5. The van der Waals surface area contributed by atoms with Crippen molar-refractivity contribution in [2.45, 2.75) is 32.9 Å². The third-order valence-electron chi connectivity index (χ3n) is 4.50. The zero-order valence-electron chi connectivity index (χ0n) is 15.1. The highest BCUT2D eigenvalue weighted by molar-refractivity contribution is 5.54. The minimum atomic E-state index is 0.102. The van der Waals surface area contributed by atoms with Gasteiger partial charge in [0, 0.05) is 36.3 Å². The summed E-state index contributed by atoms with van der Waals surface area (Å²) in [5, 5.41) is 14.2. The standard InChI is InChI=1S/C18H21N7O/c1-11-16-8-15(26-18(16)20-12(2)19-11)10-25(3)9-13-5-4-6-14(7-13)17-21-23-24-22-17/h4-7,15H,8-10H2,1-3H3,(H,21,22,23,24)/t15-/m1/s1. The average Bonchev–Trinajstić information content (AvgIpc) is 3.24. The number of likely N-dealkylation sites (N-methyl/N-ethyl adjacent to an activating group) is 1. The molecular weight excluding hydrogens is 330 g/mol. The third kappa shape index (κ3) is 3.41. The van der Waals surface area contributed by atoms with Gasteiger partial charge in [-0.1, -0.05) is 18.2 Å². The zero-order chi connectivity index (χ0) is 18.1. The molecule has 26 heavy (non-hydrogen) atoms. The summed E-state index contributed by atoms with van der Waals surface area (Å²) in [6, 6.07) is 8.18. The number of benzene rings is 1. The second-order valence-electron chi connectivity index (χ2n) is 6.72. The van der Waals surface area contributed by atoms with Gasteiger partial charge in [-0.25, -0.2) is 4.98 Å². The number of aromatic amines is 1. The van der Waals surface area contributed by atoms with Gasteiger partial charge in [0.05, 0.1) is 0 Å². The lowest BCUT2D eigenvalue weighted by atomic mass is 10.1. The highest BCUT2D eigenvalue weighted by Crippen LogP contribution is 2.29. The fourth-order valence-corrected chi connectivity index (χ4v) is 3.38. The molecule has 8 nitrogen and oxygen atoms in total. The molecular formula is C18H21N7O. The smallest absolute Gasteiger partial charge is 0.220 e. The Labute approximate surface area is 151 Å². The van der Waals surface area contributed by atoms with E-state index in [0.29, 0.717) is 5.82 Å². The van der Waals surface area contributed by atoms with Crippen LogP contribution in [0.3, 0.4) is 0 Å². The van der Waals surface area contributed by atoms with Crippen LogP contribution in [0, 0.1) is 13.8 Å². The Morgan fingerprint density at radius 2 is 2.15 bits per heavy atom. The van der Waals surface area contributed by atoms with E-state index >= 15 is 0 Å². The lowest BCUT2D eigenvalue weighted by molar-refractivity contribution is 0.160. The number of hydrogen-bond donors (Lipinski definition) is 1. The highest BCUT2D eigenvalue weighted by Gasteiger charge is 2.27. The first-order valence-corrected chi connectivity index (χ1v) is 8.60. The van der Waals surface area contributed by atoms with Gasteiger partial charge in [-0.05, 0) is 37.7 Å². The molecule has 1 aliphatic rings. The van der Waals surface area contributed by atoms with Crippen LogP contribution in [0.15, 0.2) is 24.3 Å². The molecule has 0 saturated heterocycles. The van der Waals surface area contributed by atoms with Crippen LogP contribution in [-0.2, 0) is 13.0 Å². The molecule has 4 rings (SSSR count). The number of nitrogens with one attached hydrogen (secondary N) is 1. The number of aryl methyl sites for hydroxylation is 2. The molecule has 3 heterocycles. The summed E-state index contributed by atoms with van der Waals surface area (Å²) >= 11 is 0. The number of hydrogen-bond acceptors (Lipinski definition) is 7. The minimum Gasteiger partial charge on any atom is -0.472 e. The summed E-state index contributed by atoms with van der Waals surface area (Å²) in [7, 11) is 2.09. The van der Waals surface area contributed by atoms with E-state index in [1.807, 2.05) is 26.0 Å². The molecule has 2 aromatic heterocycles.